The molecule has 2 rings (SSSR count). The van der Waals surface area contributed by atoms with Crippen molar-refractivity contribution >= 4 is 23.3 Å². The maximum atomic E-state index is 11.9. The lowest BCUT2D eigenvalue weighted by Crippen LogP contribution is -2.29. The van der Waals surface area contributed by atoms with Gasteiger partial charge in [0, 0.05) is 23.7 Å². The number of rotatable bonds is 5. The first-order valence-electron chi connectivity index (χ1n) is 6.59. The molecule has 5 nitrogen and oxygen atoms in total. The molecule has 5 heteroatoms. The van der Waals surface area contributed by atoms with Crippen LogP contribution in [0.15, 0.2) is 18.2 Å². The van der Waals surface area contributed by atoms with Crippen molar-refractivity contribution in [2.24, 2.45) is 5.92 Å². The Bertz CT molecular complexity index is 577. The highest BCUT2D eigenvalue weighted by Crippen LogP contribution is 2.30. The number of nitrogens with zero attached hydrogens (tertiary/aromatic N) is 1. The van der Waals surface area contributed by atoms with Crippen LogP contribution in [0.1, 0.15) is 36.2 Å². The number of anilines is 1. The van der Waals surface area contributed by atoms with E-state index in [-0.39, 0.29) is 37.0 Å². The Hall–Kier alpha value is -2.17. The number of carboxylic acid groups (broad SMARTS) is 1. The molecular formula is C15H17NO4. The molecule has 0 unspecified atom stereocenters. The smallest absolute Gasteiger partial charge is 0.305 e. The van der Waals surface area contributed by atoms with Gasteiger partial charge in [0.2, 0.25) is 5.91 Å². The lowest BCUT2D eigenvalue weighted by molar-refractivity contribution is -0.136. The van der Waals surface area contributed by atoms with Gasteiger partial charge in [0.15, 0.2) is 5.78 Å². The molecular weight excluding hydrogens is 258 g/mol. The van der Waals surface area contributed by atoms with Gasteiger partial charge >= 0.3 is 5.97 Å². The summed E-state index contributed by atoms with van der Waals surface area (Å²) in [6.45, 7) is 3.83. The summed E-state index contributed by atoms with van der Waals surface area (Å²) in [4.78, 5) is 35.9. The number of carbonyl (C=O) groups is 3. The van der Waals surface area contributed by atoms with E-state index < -0.39 is 5.97 Å². The summed E-state index contributed by atoms with van der Waals surface area (Å²) in [7, 11) is 0. The lowest BCUT2D eigenvalue weighted by atomic mass is 9.98. The highest BCUT2D eigenvalue weighted by atomic mass is 16.4. The van der Waals surface area contributed by atoms with Crippen LogP contribution in [0.3, 0.4) is 0 Å². The molecule has 1 heterocycles. The van der Waals surface area contributed by atoms with Gasteiger partial charge in [-0.05, 0) is 23.8 Å². The van der Waals surface area contributed by atoms with Gasteiger partial charge in [0.1, 0.15) is 0 Å². The summed E-state index contributed by atoms with van der Waals surface area (Å²) >= 11 is 0. The summed E-state index contributed by atoms with van der Waals surface area (Å²) in [5.74, 6) is -1.09. The van der Waals surface area contributed by atoms with Crippen LogP contribution < -0.4 is 4.90 Å². The number of hydrogen-bond acceptors (Lipinski definition) is 3. The number of carbonyl (C=O) groups excluding carboxylic acids is 2. The third-order valence-electron chi connectivity index (χ3n) is 3.37. The van der Waals surface area contributed by atoms with E-state index in [1.165, 1.54) is 4.90 Å². The molecule has 1 N–H and O–H groups in total. The van der Waals surface area contributed by atoms with Crippen LogP contribution in [0.5, 0.6) is 0 Å². The number of hydrogen-bond donors (Lipinski definition) is 1. The third kappa shape index (κ3) is 2.71. The third-order valence-corrected chi connectivity index (χ3v) is 3.37. The topological polar surface area (TPSA) is 74.7 Å². The minimum atomic E-state index is -0.933. The summed E-state index contributed by atoms with van der Waals surface area (Å²) in [5, 5.41) is 8.70. The fourth-order valence-corrected chi connectivity index (χ4v) is 2.32. The second kappa shape index (κ2) is 5.45. The van der Waals surface area contributed by atoms with Crippen molar-refractivity contribution in [3.63, 3.8) is 0 Å². The number of benzene rings is 1. The molecule has 20 heavy (non-hydrogen) atoms. The van der Waals surface area contributed by atoms with E-state index in [0.29, 0.717) is 5.56 Å². The zero-order valence-electron chi connectivity index (χ0n) is 11.5. The van der Waals surface area contributed by atoms with Crippen molar-refractivity contribution in [1.29, 1.82) is 0 Å². The average Bonchev–Trinajstić information content (AvgIpc) is 2.69. The molecule has 0 aliphatic carbocycles. The molecule has 0 bridgehead atoms. The SMILES string of the molecule is CC(C)C(=O)c1ccc2c(c1)CC(=O)N2CCC(=O)O. The van der Waals surface area contributed by atoms with Crippen LogP contribution in [-0.2, 0) is 16.0 Å². The highest BCUT2D eigenvalue weighted by molar-refractivity contribution is 6.04. The van der Waals surface area contributed by atoms with E-state index in [1.54, 1.807) is 18.2 Å². The normalized spacial score (nSPS) is 13.8. The predicted octanol–water partition coefficient (Wildman–Crippen LogP) is 1.89. The molecule has 1 aromatic rings. The zero-order chi connectivity index (χ0) is 14.9. The molecule has 1 amide bonds. The van der Waals surface area contributed by atoms with Gasteiger partial charge in [-0.25, -0.2) is 0 Å². The molecule has 1 aliphatic rings. The highest BCUT2D eigenvalue weighted by Gasteiger charge is 2.28. The van der Waals surface area contributed by atoms with Gasteiger partial charge in [0.05, 0.1) is 12.8 Å². The quantitative estimate of drug-likeness (QED) is 0.833. The van der Waals surface area contributed by atoms with Crippen LogP contribution in [0.4, 0.5) is 5.69 Å². The van der Waals surface area contributed by atoms with E-state index in [1.807, 2.05) is 13.8 Å². The molecule has 0 aromatic heterocycles. The molecule has 1 aromatic carbocycles. The minimum absolute atomic E-state index is 0.0456. The number of amides is 1. The van der Waals surface area contributed by atoms with Crippen molar-refractivity contribution < 1.29 is 19.5 Å². The number of carboxylic acids is 1. The number of aliphatic carboxylic acids is 1. The molecule has 0 radical (unpaired) electrons. The monoisotopic (exact) mass is 275 g/mol. The van der Waals surface area contributed by atoms with Crippen molar-refractivity contribution in [2.75, 3.05) is 11.4 Å². The second-order valence-corrected chi connectivity index (χ2v) is 5.23. The van der Waals surface area contributed by atoms with Gasteiger partial charge < -0.3 is 10.0 Å². The van der Waals surface area contributed by atoms with Crippen molar-refractivity contribution in [2.45, 2.75) is 26.7 Å². The van der Waals surface area contributed by atoms with Crippen molar-refractivity contribution in [1.82, 2.24) is 0 Å². The average molecular weight is 275 g/mol. The standard InChI is InChI=1S/C15H17NO4/c1-9(2)15(20)10-3-4-12-11(7-10)8-13(17)16(12)6-5-14(18)19/h3-4,7,9H,5-6,8H2,1-2H3,(H,18,19). The first-order chi connectivity index (χ1) is 9.40. The summed E-state index contributed by atoms with van der Waals surface area (Å²) in [6.07, 6.45) is 0.145. The van der Waals surface area contributed by atoms with Gasteiger partial charge in [-0.1, -0.05) is 13.8 Å². The van der Waals surface area contributed by atoms with Gasteiger partial charge in [-0.15, -0.1) is 0 Å². The van der Waals surface area contributed by atoms with Crippen molar-refractivity contribution in [3.8, 4) is 0 Å². The molecule has 106 valence electrons. The lowest BCUT2D eigenvalue weighted by Gasteiger charge is -2.16. The fourth-order valence-electron chi connectivity index (χ4n) is 2.32. The number of ketones is 1. The molecule has 0 saturated heterocycles. The molecule has 0 saturated carbocycles. The largest absolute Gasteiger partial charge is 0.481 e. The first-order valence-corrected chi connectivity index (χ1v) is 6.59. The first kappa shape index (κ1) is 14.2. The van der Waals surface area contributed by atoms with E-state index in [2.05, 4.69) is 0 Å². The maximum absolute atomic E-state index is 11.9. The Morgan fingerprint density at radius 3 is 2.65 bits per heavy atom. The Kier molecular flexibility index (Phi) is 3.88. The fraction of sp³-hybridized carbons (Fsp3) is 0.400. The van der Waals surface area contributed by atoms with Crippen LogP contribution >= 0.6 is 0 Å². The Balaban J connectivity index is 2.25. The zero-order valence-corrected chi connectivity index (χ0v) is 11.5. The maximum Gasteiger partial charge on any atom is 0.305 e. The van der Waals surface area contributed by atoms with Crippen LogP contribution in [0.2, 0.25) is 0 Å². The summed E-state index contributed by atoms with van der Waals surface area (Å²) in [5.41, 5.74) is 2.12. The van der Waals surface area contributed by atoms with E-state index >= 15 is 0 Å². The van der Waals surface area contributed by atoms with Gasteiger partial charge in [-0.3, -0.25) is 14.4 Å². The predicted molar refractivity (Wildman–Crippen MR) is 73.9 cm³/mol. The molecule has 0 spiro atoms. The van der Waals surface area contributed by atoms with Gasteiger partial charge in [0.25, 0.3) is 0 Å². The number of Topliss-reactive ketones (excluding diaryl/α,β-unsaturated/α-hetero) is 1. The number of fused-ring (bicyclic) bond motifs is 1. The Morgan fingerprint density at radius 1 is 1.35 bits per heavy atom. The summed E-state index contributed by atoms with van der Waals surface area (Å²) < 4.78 is 0. The molecule has 0 fully saturated rings. The van der Waals surface area contributed by atoms with Crippen LogP contribution in [0, 0.1) is 5.92 Å². The van der Waals surface area contributed by atoms with E-state index in [0.717, 1.165) is 11.3 Å². The van der Waals surface area contributed by atoms with E-state index in [4.69, 9.17) is 5.11 Å². The Labute approximate surface area is 117 Å². The van der Waals surface area contributed by atoms with Gasteiger partial charge in [-0.2, -0.15) is 0 Å². The summed E-state index contributed by atoms with van der Waals surface area (Å²) in [6, 6.07) is 5.18. The van der Waals surface area contributed by atoms with Crippen LogP contribution in [0.25, 0.3) is 0 Å². The molecule has 0 atom stereocenters. The molecule has 1 aliphatic heterocycles. The van der Waals surface area contributed by atoms with Crippen molar-refractivity contribution in [3.05, 3.63) is 29.3 Å². The van der Waals surface area contributed by atoms with Crippen LogP contribution in [-0.4, -0.2) is 29.3 Å². The Morgan fingerprint density at radius 2 is 2.05 bits per heavy atom. The minimum Gasteiger partial charge on any atom is -0.481 e. The van der Waals surface area contributed by atoms with E-state index in [9.17, 15) is 14.4 Å². The second-order valence-electron chi connectivity index (χ2n) is 5.23.